The zero-order valence-electron chi connectivity index (χ0n) is 16.8. The summed E-state index contributed by atoms with van der Waals surface area (Å²) in [6.07, 6.45) is 0. The van der Waals surface area contributed by atoms with Crippen molar-refractivity contribution in [3.63, 3.8) is 0 Å². The Bertz CT molecular complexity index is 1130. The minimum atomic E-state index is -3.95. The van der Waals surface area contributed by atoms with Crippen molar-refractivity contribution in [1.82, 2.24) is 10.2 Å². The maximum absolute atomic E-state index is 13.4. The smallest absolute Gasteiger partial charge is 0.264 e. The monoisotopic (exact) mass is 462 g/mol. The summed E-state index contributed by atoms with van der Waals surface area (Å²) in [7, 11) is -3.95. The van der Waals surface area contributed by atoms with E-state index in [1.165, 1.54) is 23.1 Å². The van der Waals surface area contributed by atoms with Crippen LogP contribution >= 0.6 is 23.1 Å². The van der Waals surface area contributed by atoms with Crippen LogP contribution < -0.4 is 9.62 Å². The lowest BCUT2D eigenvalue weighted by Crippen LogP contribution is -2.38. The molecule has 0 atom stereocenters. The van der Waals surface area contributed by atoms with Gasteiger partial charge in [-0.2, -0.15) is 0 Å². The van der Waals surface area contributed by atoms with E-state index >= 15 is 0 Å². The first kappa shape index (κ1) is 22.3. The van der Waals surface area contributed by atoms with Crippen molar-refractivity contribution in [2.75, 3.05) is 21.9 Å². The van der Waals surface area contributed by atoms with Crippen molar-refractivity contribution in [3.05, 3.63) is 59.7 Å². The molecule has 0 aliphatic heterocycles. The van der Waals surface area contributed by atoms with E-state index in [0.717, 1.165) is 25.5 Å². The Kier molecular flexibility index (Phi) is 7.11. The van der Waals surface area contributed by atoms with Gasteiger partial charge in [-0.25, -0.2) is 8.42 Å². The molecule has 1 heterocycles. The Morgan fingerprint density at radius 2 is 1.80 bits per heavy atom. The molecule has 7 nitrogen and oxygen atoms in total. The number of amides is 1. The van der Waals surface area contributed by atoms with Crippen LogP contribution in [0.2, 0.25) is 0 Å². The molecule has 1 N–H and O–H groups in total. The summed E-state index contributed by atoms with van der Waals surface area (Å²) in [5.41, 5.74) is 2.15. The van der Waals surface area contributed by atoms with Gasteiger partial charge in [-0.3, -0.25) is 14.4 Å². The molecule has 10 heteroatoms. The molecule has 158 valence electrons. The third-order valence-corrected chi connectivity index (χ3v) is 7.83. The SMILES string of the molecule is CCSc1nnc(NC(=O)CN(c2ccccc2C)S(=O)(=O)c2ccc(C)cc2)s1. The Hall–Kier alpha value is -2.43. The molecule has 3 aromatic rings. The van der Waals surface area contributed by atoms with Crippen molar-refractivity contribution in [1.29, 1.82) is 0 Å². The fourth-order valence-electron chi connectivity index (χ4n) is 2.71. The Morgan fingerprint density at radius 1 is 1.10 bits per heavy atom. The van der Waals surface area contributed by atoms with Crippen molar-refractivity contribution in [3.8, 4) is 0 Å². The van der Waals surface area contributed by atoms with E-state index in [0.29, 0.717) is 10.8 Å². The highest BCUT2D eigenvalue weighted by atomic mass is 32.2. The molecule has 0 spiro atoms. The maximum atomic E-state index is 13.4. The van der Waals surface area contributed by atoms with E-state index in [1.807, 2.05) is 32.9 Å². The number of hydrogen-bond acceptors (Lipinski definition) is 7. The van der Waals surface area contributed by atoms with Gasteiger partial charge >= 0.3 is 0 Å². The quantitative estimate of drug-likeness (QED) is 0.400. The number of carbonyl (C=O) groups excluding carboxylic acids is 1. The lowest BCUT2D eigenvalue weighted by molar-refractivity contribution is -0.114. The second-order valence-corrected chi connectivity index (χ2v) is 10.8. The summed E-state index contributed by atoms with van der Waals surface area (Å²) >= 11 is 2.78. The van der Waals surface area contributed by atoms with Gasteiger partial charge in [-0.15, -0.1) is 10.2 Å². The van der Waals surface area contributed by atoms with Crippen LogP contribution in [0, 0.1) is 13.8 Å². The average molecular weight is 463 g/mol. The van der Waals surface area contributed by atoms with E-state index < -0.39 is 15.9 Å². The van der Waals surface area contributed by atoms with E-state index in [9.17, 15) is 13.2 Å². The number of nitrogens with one attached hydrogen (secondary N) is 1. The average Bonchev–Trinajstić information content (AvgIpc) is 3.14. The highest BCUT2D eigenvalue weighted by molar-refractivity contribution is 8.01. The van der Waals surface area contributed by atoms with Crippen LogP contribution in [0.4, 0.5) is 10.8 Å². The zero-order chi connectivity index (χ0) is 21.7. The molecule has 0 saturated heterocycles. The highest BCUT2D eigenvalue weighted by Crippen LogP contribution is 2.28. The summed E-state index contributed by atoms with van der Waals surface area (Å²) in [6, 6.07) is 13.6. The van der Waals surface area contributed by atoms with Gasteiger partial charge in [0.1, 0.15) is 6.54 Å². The number of para-hydroxylation sites is 1. The third kappa shape index (κ3) is 5.18. The number of aryl methyl sites for hydroxylation is 2. The number of thioether (sulfide) groups is 1. The fraction of sp³-hybridized carbons (Fsp3) is 0.250. The summed E-state index contributed by atoms with van der Waals surface area (Å²) in [6.45, 7) is 5.32. The van der Waals surface area contributed by atoms with Gasteiger partial charge in [0.2, 0.25) is 11.0 Å². The van der Waals surface area contributed by atoms with Gasteiger partial charge in [0, 0.05) is 0 Å². The van der Waals surface area contributed by atoms with Crippen molar-refractivity contribution in [2.45, 2.75) is 30.0 Å². The number of rotatable bonds is 8. The molecule has 0 unspecified atom stereocenters. The normalized spacial score (nSPS) is 11.3. The standard InChI is InChI=1S/C20H22N4O3S3/c1-4-28-20-23-22-19(29-20)21-18(25)13-24(17-8-6-5-7-15(17)3)30(26,27)16-11-9-14(2)10-12-16/h5-12H,4,13H2,1-3H3,(H,21,22,25). The first-order chi connectivity index (χ1) is 14.3. The molecule has 1 aromatic heterocycles. The van der Waals surface area contributed by atoms with E-state index in [2.05, 4.69) is 15.5 Å². The Morgan fingerprint density at radius 3 is 2.47 bits per heavy atom. The van der Waals surface area contributed by atoms with Gasteiger partial charge in [0.25, 0.3) is 10.0 Å². The second kappa shape index (κ2) is 9.59. The lowest BCUT2D eigenvalue weighted by atomic mass is 10.2. The van der Waals surface area contributed by atoms with Crippen LogP contribution in [0.5, 0.6) is 0 Å². The van der Waals surface area contributed by atoms with Crippen LogP contribution in [0.3, 0.4) is 0 Å². The van der Waals surface area contributed by atoms with Crippen LogP contribution in [0.25, 0.3) is 0 Å². The molecule has 3 rings (SSSR count). The third-order valence-electron chi connectivity index (χ3n) is 4.20. The fourth-order valence-corrected chi connectivity index (χ4v) is 5.86. The predicted molar refractivity (Wildman–Crippen MR) is 122 cm³/mol. The summed E-state index contributed by atoms with van der Waals surface area (Å²) in [5.74, 6) is 0.358. The van der Waals surface area contributed by atoms with E-state index in [1.54, 1.807) is 36.4 Å². The molecule has 30 heavy (non-hydrogen) atoms. The highest BCUT2D eigenvalue weighted by Gasteiger charge is 2.28. The minimum absolute atomic E-state index is 0.127. The molecule has 1 amide bonds. The Balaban J connectivity index is 1.90. The molecule has 0 aliphatic rings. The molecular formula is C20H22N4O3S3. The van der Waals surface area contributed by atoms with Gasteiger partial charge in [0.15, 0.2) is 4.34 Å². The number of carbonyl (C=O) groups is 1. The summed E-state index contributed by atoms with van der Waals surface area (Å²) in [4.78, 5) is 12.8. The Labute approximate surface area is 184 Å². The largest absolute Gasteiger partial charge is 0.299 e. The maximum Gasteiger partial charge on any atom is 0.264 e. The zero-order valence-corrected chi connectivity index (χ0v) is 19.3. The molecule has 0 bridgehead atoms. The van der Waals surface area contributed by atoms with E-state index in [4.69, 9.17) is 0 Å². The van der Waals surface area contributed by atoms with Crippen molar-refractivity contribution in [2.24, 2.45) is 0 Å². The topological polar surface area (TPSA) is 92.3 Å². The van der Waals surface area contributed by atoms with Crippen molar-refractivity contribution < 1.29 is 13.2 Å². The molecule has 2 aromatic carbocycles. The number of aromatic nitrogens is 2. The molecule has 0 fully saturated rings. The summed E-state index contributed by atoms with van der Waals surface area (Å²) < 4.78 is 28.7. The molecular weight excluding hydrogens is 440 g/mol. The number of anilines is 2. The van der Waals surface area contributed by atoms with Crippen LogP contribution in [-0.2, 0) is 14.8 Å². The van der Waals surface area contributed by atoms with Crippen LogP contribution in [-0.4, -0.2) is 36.8 Å². The van der Waals surface area contributed by atoms with Gasteiger partial charge in [-0.1, -0.05) is 65.9 Å². The lowest BCUT2D eigenvalue weighted by Gasteiger charge is -2.25. The summed E-state index contributed by atoms with van der Waals surface area (Å²) in [5, 5.41) is 11.0. The minimum Gasteiger partial charge on any atom is -0.299 e. The van der Waals surface area contributed by atoms with E-state index in [-0.39, 0.29) is 11.4 Å². The molecule has 0 aliphatic carbocycles. The van der Waals surface area contributed by atoms with Crippen LogP contribution in [0.15, 0.2) is 57.8 Å². The first-order valence-corrected chi connectivity index (χ1v) is 12.5. The predicted octanol–water partition coefficient (Wildman–Crippen LogP) is 4.10. The van der Waals surface area contributed by atoms with Gasteiger partial charge < -0.3 is 0 Å². The van der Waals surface area contributed by atoms with Crippen molar-refractivity contribution >= 4 is 49.8 Å². The van der Waals surface area contributed by atoms with Crippen LogP contribution in [0.1, 0.15) is 18.1 Å². The number of nitrogens with zero attached hydrogens (tertiary/aromatic N) is 3. The number of sulfonamides is 1. The van der Waals surface area contributed by atoms with Gasteiger partial charge in [-0.05, 0) is 43.4 Å². The van der Waals surface area contributed by atoms with Gasteiger partial charge in [0.05, 0.1) is 10.6 Å². The molecule has 0 saturated carbocycles. The number of benzene rings is 2. The number of hydrogen-bond donors (Lipinski definition) is 1. The first-order valence-electron chi connectivity index (χ1n) is 9.22. The second-order valence-electron chi connectivity index (χ2n) is 6.47. The molecule has 0 radical (unpaired) electrons.